The van der Waals surface area contributed by atoms with Crippen molar-refractivity contribution in [2.45, 2.75) is 18.0 Å². The maximum absolute atomic E-state index is 11.1. The molecule has 2 N–H and O–H groups in total. The van der Waals surface area contributed by atoms with Crippen LogP contribution in [0, 0.1) is 0 Å². The second kappa shape index (κ2) is 3.93. The molecule has 0 heterocycles. The van der Waals surface area contributed by atoms with E-state index in [9.17, 15) is 19.7 Å². The molecule has 1 aliphatic rings. The van der Waals surface area contributed by atoms with Crippen LogP contribution in [-0.2, 0) is 23.0 Å². The van der Waals surface area contributed by atoms with Crippen LogP contribution < -0.4 is 5.11 Å². The van der Waals surface area contributed by atoms with E-state index in [0.29, 0.717) is 12.0 Å². The molecule has 0 radical (unpaired) electrons. The molecule has 1 aromatic rings. The van der Waals surface area contributed by atoms with Crippen molar-refractivity contribution in [1.82, 2.24) is 0 Å². The highest BCUT2D eigenvalue weighted by Gasteiger charge is 2.40. The average Bonchev–Trinajstić information content (AvgIpc) is 2.55. The number of fused-ring (bicyclic) bond motifs is 1. The van der Waals surface area contributed by atoms with Crippen LogP contribution in [0.15, 0.2) is 24.3 Å². The van der Waals surface area contributed by atoms with Crippen molar-refractivity contribution in [3.63, 3.8) is 0 Å². The maximum Gasteiger partial charge on any atom is 0.187 e. The molecule has 1 aliphatic carbocycles. The van der Waals surface area contributed by atoms with Gasteiger partial charge in [0.05, 0.1) is 5.66 Å². The van der Waals surface area contributed by atoms with E-state index in [1.54, 1.807) is 24.3 Å². The first-order chi connectivity index (χ1) is 7.41. The summed E-state index contributed by atoms with van der Waals surface area (Å²) in [6.07, 6.45) is 0.291. The highest BCUT2D eigenvalue weighted by Crippen LogP contribution is 2.53. The fourth-order valence-electron chi connectivity index (χ4n) is 2.17. The Morgan fingerprint density at radius 3 is 2.62 bits per heavy atom. The second-order valence-corrected chi connectivity index (χ2v) is 7.31. The SMILES string of the molecule is O=C([O-])[C@H]1c2ccccc2C[C@@H]1P(O)(O)=S. The lowest BCUT2D eigenvalue weighted by Crippen LogP contribution is -2.34. The molecule has 0 spiro atoms. The minimum Gasteiger partial charge on any atom is -0.549 e. The van der Waals surface area contributed by atoms with Crippen LogP contribution in [0.25, 0.3) is 0 Å². The third-order valence-corrected chi connectivity index (χ3v) is 5.05. The van der Waals surface area contributed by atoms with E-state index in [-0.39, 0.29) is 0 Å². The summed E-state index contributed by atoms with van der Waals surface area (Å²) in [6.45, 7) is -3.59. The van der Waals surface area contributed by atoms with Crippen molar-refractivity contribution in [3.8, 4) is 0 Å². The Labute approximate surface area is 97.7 Å². The van der Waals surface area contributed by atoms with Gasteiger partial charge >= 0.3 is 0 Å². The van der Waals surface area contributed by atoms with E-state index in [1.165, 1.54) is 0 Å². The standard InChI is InChI=1S/C10H11O4PS/c11-10(12)9-7-4-2-1-3-6(7)5-8(9)15(13,14)16/h1-4,8-9H,5H2,(H,11,12)(H2,13,14,16)/p-1/t8-,9-/m0/s1. The predicted octanol–water partition coefficient (Wildman–Crippen LogP) is -0.261. The maximum atomic E-state index is 11.1. The van der Waals surface area contributed by atoms with E-state index < -0.39 is 24.0 Å². The molecule has 4 nitrogen and oxygen atoms in total. The van der Waals surface area contributed by atoms with E-state index in [0.717, 1.165) is 5.56 Å². The van der Waals surface area contributed by atoms with Crippen LogP contribution in [0.3, 0.4) is 0 Å². The Kier molecular flexibility index (Phi) is 2.88. The molecule has 0 aromatic heterocycles. The number of carboxylic acids is 1. The molecular formula is C10H10O4PS-. The highest BCUT2D eigenvalue weighted by molar-refractivity contribution is 8.09. The average molecular weight is 257 g/mol. The van der Waals surface area contributed by atoms with Gasteiger partial charge in [0, 0.05) is 11.9 Å². The molecule has 6 heteroatoms. The first-order valence-electron chi connectivity index (χ1n) is 4.75. The third kappa shape index (κ3) is 1.92. The summed E-state index contributed by atoms with van der Waals surface area (Å²) < 4.78 is 0. The van der Waals surface area contributed by atoms with Gasteiger partial charge in [0.25, 0.3) is 0 Å². The van der Waals surface area contributed by atoms with Crippen LogP contribution in [0.4, 0.5) is 0 Å². The minimum absolute atomic E-state index is 0.291. The van der Waals surface area contributed by atoms with Crippen molar-refractivity contribution in [3.05, 3.63) is 35.4 Å². The smallest absolute Gasteiger partial charge is 0.187 e. The lowest BCUT2D eigenvalue weighted by Gasteiger charge is -2.24. The molecule has 16 heavy (non-hydrogen) atoms. The van der Waals surface area contributed by atoms with Crippen molar-refractivity contribution in [2.24, 2.45) is 0 Å². The number of aliphatic carboxylic acids is 1. The Hall–Kier alpha value is -0.740. The monoisotopic (exact) mass is 257 g/mol. The van der Waals surface area contributed by atoms with Gasteiger partial charge in [-0.3, -0.25) is 0 Å². The highest BCUT2D eigenvalue weighted by atomic mass is 32.5. The van der Waals surface area contributed by atoms with Gasteiger partial charge in [0.15, 0.2) is 6.49 Å². The van der Waals surface area contributed by atoms with Crippen LogP contribution in [-0.4, -0.2) is 21.4 Å². The van der Waals surface area contributed by atoms with E-state index in [2.05, 4.69) is 11.8 Å². The summed E-state index contributed by atoms with van der Waals surface area (Å²) in [6, 6.07) is 6.94. The number of carboxylic acid groups (broad SMARTS) is 1. The molecular weight excluding hydrogens is 247 g/mol. The number of hydrogen-bond acceptors (Lipinski definition) is 3. The topological polar surface area (TPSA) is 80.6 Å². The molecule has 0 fully saturated rings. The number of benzene rings is 1. The van der Waals surface area contributed by atoms with Gasteiger partial charge in [-0.25, -0.2) is 0 Å². The lowest BCUT2D eigenvalue weighted by molar-refractivity contribution is -0.307. The van der Waals surface area contributed by atoms with Gasteiger partial charge < -0.3 is 19.7 Å². The second-order valence-electron chi connectivity index (χ2n) is 3.86. The number of hydrogen-bond donors (Lipinski definition) is 2. The molecule has 0 bridgehead atoms. The van der Waals surface area contributed by atoms with Gasteiger partial charge in [0.1, 0.15) is 0 Å². The van der Waals surface area contributed by atoms with Crippen LogP contribution in [0.2, 0.25) is 0 Å². The summed E-state index contributed by atoms with van der Waals surface area (Å²) in [5.41, 5.74) is 0.564. The zero-order chi connectivity index (χ0) is 11.9. The Morgan fingerprint density at radius 2 is 2.06 bits per heavy atom. The minimum atomic E-state index is -3.59. The predicted molar refractivity (Wildman–Crippen MR) is 60.4 cm³/mol. The quantitative estimate of drug-likeness (QED) is 0.713. The Bertz CT molecular complexity index is 481. The van der Waals surface area contributed by atoms with Gasteiger partial charge in [0.2, 0.25) is 0 Å². The van der Waals surface area contributed by atoms with Crippen LogP contribution >= 0.6 is 6.49 Å². The number of carbonyl (C=O) groups excluding carboxylic acids is 1. The summed E-state index contributed by atoms with van der Waals surface area (Å²) in [7, 11) is 0. The van der Waals surface area contributed by atoms with Gasteiger partial charge in [-0.2, -0.15) is 0 Å². The summed E-state index contributed by atoms with van der Waals surface area (Å²) in [4.78, 5) is 30.1. The molecule has 0 unspecified atom stereocenters. The normalized spacial score (nSPS) is 24.1. The van der Waals surface area contributed by atoms with Crippen molar-refractivity contribution in [2.75, 3.05) is 0 Å². The van der Waals surface area contributed by atoms with E-state index in [4.69, 9.17) is 0 Å². The molecule has 0 aliphatic heterocycles. The van der Waals surface area contributed by atoms with Crippen LogP contribution in [0.5, 0.6) is 0 Å². The van der Waals surface area contributed by atoms with Crippen molar-refractivity contribution >= 4 is 24.3 Å². The summed E-state index contributed by atoms with van der Waals surface area (Å²) in [5.74, 6) is -2.30. The van der Waals surface area contributed by atoms with E-state index in [1.807, 2.05) is 0 Å². The van der Waals surface area contributed by atoms with Gasteiger partial charge in [-0.05, 0) is 29.4 Å². The largest absolute Gasteiger partial charge is 0.549 e. The Morgan fingerprint density at radius 1 is 1.44 bits per heavy atom. The molecule has 2 rings (SSSR count). The molecule has 0 saturated carbocycles. The van der Waals surface area contributed by atoms with Gasteiger partial charge in [-0.15, -0.1) is 0 Å². The molecule has 0 saturated heterocycles. The third-order valence-electron chi connectivity index (χ3n) is 2.89. The van der Waals surface area contributed by atoms with Crippen LogP contribution in [0.1, 0.15) is 17.0 Å². The molecule has 2 atom stereocenters. The van der Waals surface area contributed by atoms with E-state index >= 15 is 0 Å². The number of carbonyl (C=O) groups is 1. The van der Waals surface area contributed by atoms with Crippen molar-refractivity contribution in [1.29, 1.82) is 0 Å². The first kappa shape index (κ1) is 11.7. The molecule has 86 valence electrons. The fourth-order valence-corrected chi connectivity index (χ4v) is 3.87. The lowest BCUT2D eigenvalue weighted by atomic mass is 10.0. The first-order valence-corrected chi connectivity index (χ1v) is 7.53. The molecule has 1 aromatic carbocycles. The Balaban J connectivity index is 2.50. The summed E-state index contributed by atoms with van der Waals surface area (Å²) in [5, 5.41) is 11.1. The molecule has 0 amide bonds. The van der Waals surface area contributed by atoms with Gasteiger partial charge in [-0.1, -0.05) is 24.3 Å². The van der Waals surface area contributed by atoms with Crippen molar-refractivity contribution < 1.29 is 19.7 Å². The zero-order valence-corrected chi connectivity index (χ0v) is 9.95. The number of rotatable bonds is 2. The summed E-state index contributed by atoms with van der Waals surface area (Å²) >= 11 is 4.62. The zero-order valence-electron chi connectivity index (χ0n) is 8.24. The fraction of sp³-hybridized carbons (Fsp3) is 0.300.